The van der Waals surface area contributed by atoms with Gasteiger partial charge in [-0.2, -0.15) is 13.2 Å². The van der Waals surface area contributed by atoms with Gasteiger partial charge in [0, 0.05) is 37.6 Å². The van der Waals surface area contributed by atoms with Crippen molar-refractivity contribution in [3.8, 4) is 0 Å². The molecule has 0 aliphatic carbocycles. The highest BCUT2D eigenvalue weighted by Crippen LogP contribution is 2.34. The van der Waals surface area contributed by atoms with Crippen LogP contribution in [0, 0.1) is 0 Å². The van der Waals surface area contributed by atoms with Gasteiger partial charge in [-0.25, -0.2) is 0 Å². The fraction of sp³-hybridized carbons (Fsp3) is 0.500. The maximum absolute atomic E-state index is 13.0. The molecular formula is C14H17F3N2OS. The van der Waals surface area contributed by atoms with Crippen molar-refractivity contribution in [1.82, 2.24) is 0 Å². The first-order valence-electron chi connectivity index (χ1n) is 6.62. The molecule has 1 aliphatic heterocycles. The van der Waals surface area contributed by atoms with Gasteiger partial charge < -0.3 is 15.4 Å². The first kappa shape index (κ1) is 16.0. The number of ether oxygens (including phenoxy) is 1. The van der Waals surface area contributed by atoms with E-state index in [9.17, 15) is 13.2 Å². The van der Waals surface area contributed by atoms with Gasteiger partial charge in [0.1, 0.15) is 4.99 Å². The van der Waals surface area contributed by atoms with E-state index in [1.54, 1.807) is 0 Å². The summed E-state index contributed by atoms with van der Waals surface area (Å²) < 4.78 is 44.1. The molecule has 2 N–H and O–H groups in total. The summed E-state index contributed by atoms with van der Waals surface area (Å²) in [5.74, 6) is 0. The van der Waals surface area contributed by atoms with Gasteiger partial charge in [-0.3, -0.25) is 0 Å². The third-order valence-electron chi connectivity index (χ3n) is 3.72. The fourth-order valence-corrected chi connectivity index (χ4v) is 2.65. The molecule has 1 heterocycles. The number of hydrogen-bond acceptors (Lipinski definition) is 3. The predicted octanol–water partition coefficient (Wildman–Crippen LogP) is 2.95. The molecule has 1 aromatic carbocycles. The second kappa shape index (κ2) is 6.19. The Labute approximate surface area is 126 Å². The molecule has 0 bridgehead atoms. The molecule has 7 heteroatoms. The second-order valence-corrected chi connectivity index (χ2v) is 5.49. The van der Waals surface area contributed by atoms with Gasteiger partial charge in [-0.05, 0) is 31.0 Å². The van der Waals surface area contributed by atoms with Crippen LogP contribution in [0.3, 0.4) is 0 Å². The molecule has 0 unspecified atom stereocenters. The van der Waals surface area contributed by atoms with E-state index in [4.69, 9.17) is 22.7 Å². The third kappa shape index (κ3) is 3.65. The van der Waals surface area contributed by atoms with Crippen LogP contribution in [-0.4, -0.2) is 31.3 Å². The average Bonchev–Trinajstić information content (AvgIpc) is 2.45. The summed E-state index contributed by atoms with van der Waals surface area (Å²) in [5.41, 5.74) is 5.21. The minimum absolute atomic E-state index is 0.131. The summed E-state index contributed by atoms with van der Waals surface area (Å²) in [4.78, 5) is 1.72. The van der Waals surface area contributed by atoms with Gasteiger partial charge in [-0.15, -0.1) is 0 Å². The highest BCUT2D eigenvalue weighted by Gasteiger charge is 2.34. The summed E-state index contributed by atoms with van der Waals surface area (Å²) in [6.07, 6.45) is -2.77. The zero-order chi connectivity index (χ0) is 15.6. The molecule has 21 heavy (non-hydrogen) atoms. The molecular weight excluding hydrogens is 301 g/mol. The number of hydrogen-bond donors (Lipinski definition) is 1. The topological polar surface area (TPSA) is 38.5 Å². The van der Waals surface area contributed by atoms with Crippen LogP contribution in [0.15, 0.2) is 18.2 Å². The monoisotopic (exact) mass is 318 g/mol. The van der Waals surface area contributed by atoms with Crippen LogP contribution in [0.5, 0.6) is 0 Å². The van der Waals surface area contributed by atoms with E-state index >= 15 is 0 Å². The third-order valence-corrected chi connectivity index (χ3v) is 3.94. The van der Waals surface area contributed by atoms with Crippen molar-refractivity contribution in [2.75, 3.05) is 25.2 Å². The lowest BCUT2D eigenvalue weighted by atomic mass is 10.0. The fourth-order valence-electron chi connectivity index (χ4n) is 2.49. The van der Waals surface area contributed by atoms with Gasteiger partial charge in [-0.1, -0.05) is 12.2 Å². The van der Waals surface area contributed by atoms with E-state index in [1.165, 1.54) is 12.1 Å². The van der Waals surface area contributed by atoms with Crippen LogP contribution in [0.1, 0.15) is 24.0 Å². The van der Waals surface area contributed by atoms with Crippen LogP contribution in [0.25, 0.3) is 0 Å². The van der Waals surface area contributed by atoms with Gasteiger partial charge in [0.15, 0.2) is 0 Å². The molecule has 1 aromatic rings. The number of thiocarbonyl (C=S) groups is 1. The maximum Gasteiger partial charge on any atom is 0.417 e. The van der Waals surface area contributed by atoms with Gasteiger partial charge in [0.05, 0.1) is 5.56 Å². The van der Waals surface area contributed by atoms with Crippen LogP contribution in [0.2, 0.25) is 0 Å². The van der Waals surface area contributed by atoms with Gasteiger partial charge in [0.25, 0.3) is 0 Å². The number of anilines is 1. The summed E-state index contributed by atoms with van der Waals surface area (Å²) >= 11 is 4.76. The number of benzene rings is 1. The molecule has 1 aliphatic rings. The molecule has 0 aromatic heterocycles. The van der Waals surface area contributed by atoms with E-state index in [0.29, 0.717) is 18.9 Å². The minimum Gasteiger partial charge on any atom is -0.389 e. The molecule has 0 spiro atoms. The Morgan fingerprint density at radius 3 is 2.48 bits per heavy atom. The molecule has 0 radical (unpaired) electrons. The Balaban J connectivity index is 2.33. The van der Waals surface area contributed by atoms with Crippen molar-refractivity contribution in [2.45, 2.75) is 25.1 Å². The Bertz CT molecular complexity index is 527. The molecule has 1 fully saturated rings. The summed E-state index contributed by atoms with van der Waals surface area (Å²) in [7, 11) is 1.86. The maximum atomic E-state index is 13.0. The normalized spacial score (nSPS) is 16.8. The lowest BCUT2D eigenvalue weighted by molar-refractivity contribution is -0.137. The number of halogens is 3. The van der Waals surface area contributed by atoms with Crippen LogP contribution < -0.4 is 10.6 Å². The lowest BCUT2D eigenvalue weighted by Gasteiger charge is -2.33. The van der Waals surface area contributed by atoms with Crippen molar-refractivity contribution in [2.24, 2.45) is 5.73 Å². The van der Waals surface area contributed by atoms with Crippen molar-refractivity contribution in [3.63, 3.8) is 0 Å². The molecule has 0 atom stereocenters. The van der Waals surface area contributed by atoms with E-state index in [1.807, 2.05) is 11.9 Å². The second-order valence-electron chi connectivity index (χ2n) is 5.05. The van der Waals surface area contributed by atoms with E-state index in [2.05, 4.69) is 0 Å². The SMILES string of the molecule is CN(c1ccc(C(F)(F)F)c(C(N)=S)c1)C1CCOCC1. The summed E-state index contributed by atoms with van der Waals surface area (Å²) in [5, 5.41) is 0. The smallest absolute Gasteiger partial charge is 0.389 e. The zero-order valence-electron chi connectivity index (χ0n) is 11.6. The Morgan fingerprint density at radius 2 is 1.95 bits per heavy atom. The largest absolute Gasteiger partial charge is 0.417 e. The van der Waals surface area contributed by atoms with Crippen molar-refractivity contribution < 1.29 is 17.9 Å². The summed E-state index contributed by atoms with van der Waals surface area (Å²) in [6.45, 7) is 1.33. The Hall–Kier alpha value is -1.34. The molecule has 116 valence electrons. The van der Waals surface area contributed by atoms with Crippen LogP contribution in [0.4, 0.5) is 18.9 Å². The van der Waals surface area contributed by atoms with Crippen LogP contribution in [-0.2, 0) is 10.9 Å². The highest BCUT2D eigenvalue weighted by atomic mass is 32.1. The first-order valence-corrected chi connectivity index (χ1v) is 7.03. The predicted molar refractivity (Wildman–Crippen MR) is 79.6 cm³/mol. The number of nitrogens with zero attached hydrogens (tertiary/aromatic N) is 1. The van der Waals surface area contributed by atoms with Gasteiger partial charge >= 0.3 is 6.18 Å². The molecule has 0 amide bonds. The number of nitrogens with two attached hydrogens (primary N) is 1. The lowest BCUT2D eigenvalue weighted by Crippen LogP contribution is -2.36. The molecule has 1 saturated heterocycles. The minimum atomic E-state index is -4.46. The summed E-state index contributed by atoms with van der Waals surface area (Å²) in [6, 6.07) is 4.16. The van der Waals surface area contributed by atoms with Gasteiger partial charge in [0.2, 0.25) is 0 Å². The zero-order valence-corrected chi connectivity index (χ0v) is 12.4. The van der Waals surface area contributed by atoms with E-state index in [0.717, 1.165) is 18.9 Å². The average molecular weight is 318 g/mol. The van der Waals surface area contributed by atoms with Crippen molar-refractivity contribution in [3.05, 3.63) is 29.3 Å². The van der Waals surface area contributed by atoms with Crippen molar-refractivity contribution in [1.29, 1.82) is 0 Å². The Kier molecular flexibility index (Phi) is 4.73. The Morgan fingerprint density at radius 1 is 1.33 bits per heavy atom. The highest BCUT2D eigenvalue weighted by molar-refractivity contribution is 7.80. The number of alkyl halides is 3. The van der Waals surface area contributed by atoms with E-state index in [-0.39, 0.29) is 16.6 Å². The number of rotatable bonds is 3. The van der Waals surface area contributed by atoms with Crippen LogP contribution >= 0.6 is 12.2 Å². The molecule has 3 nitrogen and oxygen atoms in total. The quantitative estimate of drug-likeness (QED) is 0.870. The van der Waals surface area contributed by atoms with E-state index < -0.39 is 11.7 Å². The molecule has 2 rings (SSSR count). The van der Waals surface area contributed by atoms with Crippen molar-refractivity contribution >= 4 is 22.9 Å². The molecule has 0 saturated carbocycles. The standard InChI is InChI=1S/C14H17F3N2OS/c1-19(9-4-6-20-7-5-9)10-2-3-12(14(15,16)17)11(8-10)13(18)21/h2-3,8-9H,4-7H2,1H3,(H2,18,21). The first-order chi connectivity index (χ1) is 9.80.